The number of nitrogens with zero attached hydrogens (tertiary/aromatic N) is 3. The minimum atomic E-state index is -0.936. The molecule has 0 unspecified atom stereocenters. The molecule has 1 fully saturated rings. The molecule has 7 heteroatoms. The lowest BCUT2D eigenvalue weighted by Crippen LogP contribution is -2.55. The van der Waals surface area contributed by atoms with Crippen molar-refractivity contribution >= 4 is 33.8 Å². The van der Waals surface area contributed by atoms with E-state index in [1.54, 1.807) is 13.0 Å². The molecule has 1 aliphatic carbocycles. The van der Waals surface area contributed by atoms with Gasteiger partial charge in [-0.25, -0.2) is 4.79 Å². The second-order valence-corrected chi connectivity index (χ2v) is 11.2. The number of hydrogen-bond donors (Lipinski definition) is 0. The molecule has 0 radical (unpaired) electrons. The fourth-order valence-electron chi connectivity index (χ4n) is 7.35. The molecule has 1 saturated carbocycles. The van der Waals surface area contributed by atoms with Gasteiger partial charge in [0.2, 0.25) is 0 Å². The zero-order chi connectivity index (χ0) is 28.8. The first-order valence-corrected chi connectivity index (χ1v) is 14.6. The Bertz CT molecular complexity index is 1870. The van der Waals surface area contributed by atoms with E-state index in [-0.39, 0.29) is 23.7 Å². The minimum Gasteiger partial charge on any atom is -0.458 e. The Labute approximate surface area is 243 Å². The first-order chi connectivity index (χ1) is 20.5. The van der Waals surface area contributed by atoms with E-state index in [0.29, 0.717) is 5.39 Å². The van der Waals surface area contributed by atoms with E-state index in [4.69, 9.17) is 9.73 Å². The van der Waals surface area contributed by atoms with Gasteiger partial charge in [0, 0.05) is 22.9 Å². The van der Waals surface area contributed by atoms with Crippen LogP contribution >= 0.6 is 0 Å². The molecule has 0 N–H and O–H groups in total. The fraction of sp³-hybridized carbons (Fsp3) is 0.257. The lowest BCUT2D eigenvalue weighted by atomic mass is 9.66. The summed E-state index contributed by atoms with van der Waals surface area (Å²) >= 11 is 0. The first kappa shape index (κ1) is 26.1. The van der Waals surface area contributed by atoms with Gasteiger partial charge in [0.15, 0.2) is 0 Å². The van der Waals surface area contributed by atoms with E-state index in [2.05, 4.69) is 47.4 Å². The smallest absolute Gasteiger partial charge is 0.410 e. The second kappa shape index (κ2) is 10.2. The third-order valence-electron chi connectivity index (χ3n) is 9.01. The van der Waals surface area contributed by atoms with Crippen molar-refractivity contribution in [1.29, 1.82) is 0 Å². The molecule has 4 aromatic rings. The van der Waals surface area contributed by atoms with Gasteiger partial charge >= 0.3 is 11.7 Å². The van der Waals surface area contributed by atoms with Crippen LogP contribution in [0.15, 0.2) is 102 Å². The Kier molecular flexibility index (Phi) is 6.38. The third kappa shape index (κ3) is 3.95. The van der Waals surface area contributed by atoms with Gasteiger partial charge in [-0.2, -0.15) is 0 Å². The highest BCUT2D eigenvalue weighted by molar-refractivity contribution is 6.08. The van der Waals surface area contributed by atoms with Gasteiger partial charge in [0.25, 0.3) is 0 Å². The maximum absolute atomic E-state index is 13.0. The zero-order valence-electron chi connectivity index (χ0n) is 23.4. The van der Waals surface area contributed by atoms with Gasteiger partial charge in [-0.05, 0) is 48.8 Å². The normalized spacial score (nSPS) is 23.2. The number of benzene rings is 4. The Morgan fingerprint density at radius 1 is 1.00 bits per heavy atom. The Hall–Kier alpha value is -4.78. The molecule has 1 spiro atoms. The standard InChI is InChI=1S/C35H31N3O4/c1-2-42-34(39)33(38(40)41)28-22-31-32(26-18-10-9-17-25(26)28)36-35-20-12-11-19-29(35)27(23-13-5-3-6-14-23)21-30(37(31)35)24-15-7-4-8-16-24/h3-10,13-18,21-22,27,29H,2,11-12,19-20H2,1H3/b33-28+/t27-,29+,35-/m1/s1. The number of hydrogen-bond acceptors (Lipinski definition) is 6. The van der Waals surface area contributed by atoms with E-state index in [0.717, 1.165) is 53.4 Å². The summed E-state index contributed by atoms with van der Waals surface area (Å²) < 4.78 is 5.17. The number of esters is 1. The summed E-state index contributed by atoms with van der Waals surface area (Å²) in [6.07, 6.45) is 6.41. The van der Waals surface area contributed by atoms with Crippen LogP contribution in [0.5, 0.6) is 0 Å². The molecule has 3 atom stereocenters. The summed E-state index contributed by atoms with van der Waals surface area (Å²) in [5.74, 6) is -0.573. The van der Waals surface area contributed by atoms with Crippen molar-refractivity contribution in [3.05, 3.63) is 129 Å². The summed E-state index contributed by atoms with van der Waals surface area (Å²) in [6, 6.07) is 30.3. The number of allylic oxidation sites excluding steroid dienone is 1. The molecule has 0 amide bonds. The van der Waals surface area contributed by atoms with E-state index in [9.17, 15) is 14.9 Å². The predicted molar refractivity (Wildman–Crippen MR) is 163 cm³/mol. The maximum atomic E-state index is 13.0. The Morgan fingerprint density at radius 2 is 1.69 bits per heavy atom. The monoisotopic (exact) mass is 557 g/mol. The van der Waals surface area contributed by atoms with Crippen molar-refractivity contribution in [1.82, 2.24) is 0 Å². The number of ether oxygens (including phenoxy) is 1. The Balaban J connectivity index is 1.59. The van der Waals surface area contributed by atoms with Crippen LogP contribution in [0.4, 0.5) is 5.69 Å². The van der Waals surface area contributed by atoms with Crippen LogP contribution in [0.3, 0.4) is 0 Å². The van der Waals surface area contributed by atoms with Crippen molar-refractivity contribution in [3.63, 3.8) is 0 Å². The summed E-state index contributed by atoms with van der Waals surface area (Å²) in [4.78, 5) is 32.7. The van der Waals surface area contributed by atoms with Gasteiger partial charge in [0.1, 0.15) is 5.66 Å². The van der Waals surface area contributed by atoms with Crippen LogP contribution in [0, 0.1) is 16.0 Å². The fourth-order valence-corrected chi connectivity index (χ4v) is 7.35. The van der Waals surface area contributed by atoms with Gasteiger partial charge in [0.05, 0.1) is 27.8 Å². The van der Waals surface area contributed by atoms with Gasteiger partial charge in [-0.15, -0.1) is 0 Å². The van der Waals surface area contributed by atoms with Crippen LogP contribution in [0.2, 0.25) is 0 Å². The highest BCUT2D eigenvalue weighted by atomic mass is 16.6. The van der Waals surface area contributed by atoms with Crippen molar-refractivity contribution in [3.8, 4) is 0 Å². The maximum Gasteiger partial charge on any atom is 0.410 e. The number of anilines is 1. The molecular formula is C35H31N3O4. The number of carbonyl (C=O) groups excluding carboxylic acids is 1. The molecule has 210 valence electrons. The molecule has 7 rings (SSSR count). The van der Waals surface area contributed by atoms with Crippen LogP contribution in [0.25, 0.3) is 22.2 Å². The topological polar surface area (TPSA) is 85.0 Å². The van der Waals surface area contributed by atoms with Crippen molar-refractivity contribution in [2.45, 2.75) is 44.2 Å². The number of carbonyl (C=O) groups is 1. The molecule has 0 aromatic heterocycles. The molecule has 4 aromatic carbocycles. The van der Waals surface area contributed by atoms with Gasteiger partial charge < -0.3 is 9.64 Å². The molecule has 7 nitrogen and oxygen atoms in total. The van der Waals surface area contributed by atoms with Crippen LogP contribution in [0.1, 0.15) is 49.7 Å². The number of rotatable bonds is 5. The van der Waals surface area contributed by atoms with Crippen molar-refractivity contribution in [2.75, 3.05) is 11.5 Å². The number of fused-ring (bicyclic) bond motifs is 4. The largest absolute Gasteiger partial charge is 0.458 e. The van der Waals surface area contributed by atoms with Gasteiger partial charge in [-0.3, -0.25) is 15.1 Å². The lowest BCUT2D eigenvalue weighted by molar-refractivity contribution is -0.378. The predicted octanol–water partition coefficient (Wildman–Crippen LogP) is 5.95. The summed E-state index contributed by atoms with van der Waals surface area (Å²) in [5, 5.41) is 14.9. The average molecular weight is 558 g/mol. The van der Waals surface area contributed by atoms with Crippen molar-refractivity contribution < 1.29 is 14.5 Å². The number of nitro groups is 1. The molecule has 0 saturated heterocycles. The quantitative estimate of drug-likeness (QED) is 0.172. The molecule has 2 heterocycles. The summed E-state index contributed by atoms with van der Waals surface area (Å²) in [6.45, 7) is 1.70. The molecule has 42 heavy (non-hydrogen) atoms. The summed E-state index contributed by atoms with van der Waals surface area (Å²) in [5.41, 5.74) is 3.04. The van der Waals surface area contributed by atoms with Gasteiger partial charge in [-0.1, -0.05) is 97.4 Å². The van der Waals surface area contributed by atoms with Crippen molar-refractivity contribution in [2.24, 2.45) is 10.9 Å². The summed E-state index contributed by atoms with van der Waals surface area (Å²) in [7, 11) is 0. The molecular weight excluding hydrogens is 526 g/mol. The Morgan fingerprint density at radius 3 is 2.40 bits per heavy atom. The van der Waals surface area contributed by atoms with E-state index in [1.165, 1.54) is 5.56 Å². The van der Waals surface area contributed by atoms with Crippen LogP contribution in [-0.2, 0) is 9.53 Å². The minimum absolute atomic E-state index is 0.0487. The lowest BCUT2D eigenvalue weighted by Gasteiger charge is -2.53. The molecule has 3 aliphatic rings. The SMILES string of the molecule is CCOC(=O)/C(=c1/cc2c(c3ccccc13)=N[C@@]13CCCC[C@H]1[C@@H](c1ccccc1)C=C(c1ccccc1)N23)[N+](=O)[O-]. The highest BCUT2D eigenvalue weighted by Crippen LogP contribution is 2.56. The third-order valence-corrected chi connectivity index (χ3v) is 9.01. The second-order valence-electron chi connectivity index (χ2n) is 11.2. The average Bonchev–Trinajstić information content (AvgIpc) is 3.35. The van der Waals surface area contributed by atoms with E-state index in [1.807, 2.05) is 48.5 Å². The highest BCUT2D eigenvalue weighted by Gasteiger charge is 2.55. The molecule has 2 aliphatic heterocycles. The van der Waals surface area contributed by atoms with Crippen LogP contribution < -0.4 is 15.5 Å². The van der Waals surface area contributed by atoms with Crippen LogP contribution in [-0.4, -0.2) is 23.2 Å². The first-order valence-electron chi connectivity index (χ1n) is 14.6. The van der Waals surface area contributed by atoms with E-state index >= 15 is 0 Å². The zero-order valence-corrected chi connectivity index (χ0v) is 23.4. The molecule has 0 bridgehead atoms. The van der Waals surface area contributed by atoms with E-state index < -0.39 is 22.3 Å².